The van der Waals surface area contributed by atoms with Crippen molar-refractivity contribution in [1.29, 1.82) is 0 Å². The van der Waals surface area contributed by atoms with E-state index in [9.17, 15) is 4.79 Å². The molecule has 1 amide bonds. The van der Waals surface area contributed by atoms with Crippen LogP contribution >= 0.6 is 0 Å². The van der Waals surface area contributed by atoms with E-state index < -0.39 is 0 Å². The Hall–Kier alpha value is -4.92. The Labute approximate surface area is 207 Å². The highest BCUT2D eigenvalue weighted by molar-refractivity contribution is 6.06. The average molecular weight is 482 g/mol. The number of hydrogen-bond acceptors (Lipinski definition) is 7. The highest BCUT2D eigenvalue weighted by Crippen LogP contribution is 2.24. The van der Waals surface area contributed by atoms with E-state index in [-0.39, 0.29) is 5.91 Å². The number of aromatic nitrogens is 4. The smallest absolute Gasteiger partial charge is 0.278 e. The number of nitrogens with zero attached hydrogens (tertiary/aromatic N) is 4. The van der Waals surface area contributed by atoms with E-state index in [1.165, 1.54) is 0 Å². The molecule has 0 aliphatic carbocycles. The van der Waals surface area contributed by atoms with E-state index >= 15 is 0 Å². The predicted octanol–water partition coefficient (Wildman–Crippen LogP) is 4.92. The van der Waals surface area contributed by atoms with Gasteiger partial charge in [-0.05, 0) is 54.1 Å². The summed E-state index contributed by atoms with van der Waals surface area (Å²) in [5.74, 6) is 1.88. The van der Waals surface area contributed by atoms with Crippen molar-refractivity contribution in [2.75, 3.05) is 19.5 Å². The van der Waals surface area contributed by atoms with Crippen LogP contribution in [0, 0.1) is 0 Å². The molecule has 0 unspecified atom stereocenters. The van der Waals surface area contributed by atoms with Crippen LogP contribution < -0.4 is 14.8 Å². The van der Waals surface area contributed by atoms with Gasteiger partial charge in [-0.2, -0.15) is 4.98 Å². The zero-order valence-corrected chi connectivity index (χ0v) is 19.7. The SMILES string of the molecule is COc1ccc(-c2noc(-c3cn(Cc4ccc(NC(=O)c5ccccc5OC)cc4)cn3)n2)cc1. The second-order valence-electron chi connectivity index (χ2n) is 7.93. The summed E-state index contributed by atoms with van der Waals surface area (Å²) in [4.78, 5) is 21.5. The molecule has 5 aromatic rings. The number of carbonyl (C=O) groups excluding carboxylic acids is 1. The quantitative estimate of drug-likeness (QED) is 0.335. The lowest BCUT2D eigenvalue weighted by atomic mass is 10.1. The number of nitrogens with one attached hydrogen (secondary N) is 1. The van der Waals surface area contributed by atoms with Gasteiger partial charge in [-0.25, -0.2) is 4.98 Å². The number of hydrogen-bond donors (Lipinski definition) is 1. The lowest BCUT2D eigenvalue weighted by Crippen LogP contribution is -2.13. The standard InChI is InChI=1S/C27H23N5O4/c1-34-21-13-9-19(10-14-21)25-30-27(36-31-25)23-16-32(17-28-23)15-18-7-11-20(12-8-18)29-26(33)22-5-3-4-6-24(22)35-2/h3-14,16-17H,15H2,1-2H3,(H,29,33). The van der Waals surface area contributed by atoms with Gasteiger partial charge in [0.15, 0.2) is 0 Å². The van der Waals surface area contributed by atoms with E-state index in [4.69, 9.17) is 14.0 Å². The van der Waals surface area contributed by atoms with Crippen molar-refractivity contribution in [2.24, 2.45) is 0 Å². The molecule has 0 aliphatic rings. The second kappa shape index (κ2) is 10.1. The van der Waals surface area contributed by atoms with Crippen molar-refractivity contribution < 1.29 is 18.8 Å². The summed E-state index contributed by atoms with van der Waals surface area (Å²) in [6.07, 6.45) is 3.56. The van der Waals surface area contributed by atoms with Crippen LogP contribution in [0.2, 0.25) is 0 Å². The van der Waals surface area contributed by atoms with Crippen LogP contribution in [0.25, 0.3) is 23.0 Å². The molecule has 0 saturated carbocycles. The molecule has 5 rings (SSSR count). The van der Waals surface area contributed by atoms with E-state index in [2.05, 4.69) is 20.4 Å². The van der Waals surface area contributed by atoms with Gasteiger partial charge in [0.05, 0.1) is 26.1 Å². The van der Waals surface area contributed by atoms with Gasteiger partial charge in [0, 0.05) is 24.0 Å². The number of benzene rings is 3. The first-order valence-corrected chi connectivity index (χ1v) is 11.2. The number of para-hydroxylation sites is 1. The van der Waals surface area contributed by atoms with Gasteiger partial charge in [-0.3, -0.25) is 4.79 Å². The van der Waals surface area contributed by atoms with Crippen molar-refractivity contribution in [3.63, 3.8) is 0 Å². The average Bonchev–Trinajstić information content (AvgIpc) is 3.60. The third kappa shape index (κ3) is 4.95. The molecule has 0 fully saturated rings. The first kappa shape index (κ1) is 22.9. The van der Waals surface area contributed by atoms with Gasteiger partial charge in [0.2, 0.25) is 5.82 Å². The van der Waals surface area contributed by atoms with Crippen LogP contribution in [0.3, 0.4) is 0 Å². The molecule has 0 aliphatic heterocycles. The van der Waals surface area contributed by atoms with Crippen molar-refractivity contribution in [3.8, 4) is 34.5 Å². The molecule has 0 radical (unpaired) electrons. The van der Waals surface area contributed by atoms with Crippen LogP contribution in [-0.4, -0.2) is 39.8 Å². The van der Waals surface area contributed by atoms with Gasteiger partial charge >= 0.3 is 0 Å². The van der Waals surface area contributed by atoms with Crippen LogP contribution in [0.1, 0.15) is 15.9 Å². The van der Waals surface area contributed by atoms with Crippen LogP contribution in [0.5, 0.6) is 11.5 Å². The summed E-state index contributed by atoms with van der Waals surface area (Å²) < 4.78 is 17.8. The summed E-state index contributed by atoms with van der Waals surface area (Å²) in [5.41, 5.74) is 3.62. The van der Waals surface area contributed by atoms with Crippen molar-refractivity contribution >= 4 is 11.6 Å². The Morgan fingerprint density at radius 3 is 2.50 bits per heavy atom. The summed E-state index contributed by atoms with van der Waals surface area (Å²) in [6.45, 7) is 0.590. The van der Waals surface area contributed by atoms with Crippen molar-refractivity contribution in [2.45, 2.75) is 6.54 Å². The zero-order valence-electron chi connectivity index (χ0n) is 19.7. The fraction of sp³-hybridized carbons (Fsp3) is 0.111. The minimum atomic E-state index is -0.229. The molecule has 2 aromatic heterocycles. The molecule has 0 saturated heterocycles. The van der Waals surface area contributed by atoms with Gasteiger partial charge < -0.3 is 23.9 Å². The number of imidazole rings is 1. The van der Waals surface area contributed by atoms with E-state index in [0.29, 0.717) is 41.0 Å². The number of rotatable bonds is 8. The first-order valence-electron chi connectivity index (χ1n) is 11.2. The monoisotopic (exact) mass is 481 g/mol. The second-order valence-corrected chi connectivity index (χ2v) is 7.93. The van der Waals surface area contributed by atoms with Crippen LogP contribution in [0.4, 0.5) is 5.69 Å². The Kier molecular flexibility index (Phi) is 6.44. The molecule has 0 spiro atoms. The summed E-state index contributed by atoms with van der Waals surface area (Å²) in [5, 5.41) is 6.96. The third-order valence-electron chi connectivity index (χ3n) is 5.56. The van der Waals surface area contributed by atoms with E-state index in [1.807, 2.05) is 65.4 Å². The fourth-order valence-corrected chi connectivity index (χ4v) is 3.68. The summed E-state index contributed by atoms with van der Waals surface area (Å²) in [6, 6.07) is 22.2. The Morgan fingerprint density at radius 2 is 1.75 bits per heavy atom. The predicted molar refractivity (Wildman–Crippen MR) is 134 cm³/mol. The number of ether oxygens (including phenoxy) is 2. The Balaban J connectivity index is 1.23. The number of amides is 1. The van der Waals surface area contributed by atoms with Crippen molar-refractivity contribution in [1.82, 2.24) is 19.7 Å². The normalized spacial score (nSPS) is 10.7. The lowest BCUT2D eigenvalue weighted by molar-refractivity contribution is 0.102. The van der Waals surface area contributed by atoms with Crippen molar-refractivity contribution in [3.05, 3.63) is 96.4 Å². The molecule has 180 valence electrons. The zero-order chi connectivity index (χ0) is 24.9. The molecule has 3 aromatic carbocycles. The molecule has 1 N–H and O–H groups in total. The minimum absolute atomic E-state index is 0.229. The Bertz CT molecular complexity index is 1470. The highest BCUT2D eigenvalue weighted by Gasteiger charge is 2.14. The lowest BCUT2D eigenvalue weighted by Gasteiger charge is -2.10. The third-order valence-corrected chi connectivity index (χ3v) is 5.56. The number of anilines is 1. The summed E-state index contributed by atoms with van der Waals surface area (Å²) >= 11 is 0. The van der Waals surface area contributed by atoms with E-state index in [0.717, 1.165) is 16.9 Å². The van der Waals surface area contributed by atoms with E-state index in [1.54, 1.807) is 38.7 Å². The maximum absolute atomic E-state index is 12.6. The fourth-order valence-electron chi connectivity index (χ4n) is 3.68. The maximum atomic E-state index is 12.6. The van der Waals surface area contributed by atoms with Crippen LogP contribution in [0.15, 0.2) is 89.8 Å². The summed E-state index contributed by atoms with van der Waals surface area (Å²) in [7, 11) is 3.16. The highest BCUT2D eigenvalue weighted by atomic mass is 16.5. The molecule has 0 bridgehead atoms. The van der Waals surface area contributed by atoms with Gasteiger partial charge in [0.25, 0.3) is 11.8 Å². The van der Waals surface area contributed by atoms with Gasteiger partial charge in [0.1, 0.15) is 17.2 Å². The largest absolute Gasteiger partial charge is 0.497 e. The first-order chi connectivity index (χ1) is 17.6. The Morgan fingerprint density at radius 1 is 0.972 bits per heavy atom. The minimum Gasteiger partial charge on any atom is -0.497 e. The van der Waals surface area contributed by atoms with Gasteiger partial charge in [-0.15, -0.1) is 0 Å². The molecule has 2 heterocycles. The molecular weight excluding hydrogens is 458 g/mol. The molecule has 9 heteroatoms. The van der Waals surface area contributed by atoms with Crippen LogP contribution in [-0.2, 0) is 6.54 Å². The molecule has 0 atom stereocenters. The maximum Gasteiger partial charge on any atom is 0.278 e. The van der Waals surface area contributed by atoms with Gasteiger partial charge in [-0.1, -0.05) is 29.4 Å². The molecular formula is C27H23N5O4. The number of methoxy groups -OCH3 is 2. The molecule has 36 heavy (non-hydrogen) atoms. The number of carbonyl (C=O) groups is 1. The topological polar surface area (TPSA) is 104 Å². The molecule has 9 nitrogen and oxygen atoms in total.